The number of aromatic nitrogens is 2. The van der Waals surface area contributed by atoms with Crippen molar-refractivity contribution in [1.82, 2.24) is 19.8 Å². The number of alkyl halides is 3. The van der Waals surface area contributed by atoms with E-state index in [9.17, 15) is 18.0 Å². The Bertz CT molecular complexity index is 660. The Kier molecular flexibility index (Phi) is 5.73. The van der Waals surface area contributed by atoms with Crippen LogP contribution in [0.15, 0.2) is 12.4 Å². The summed E-state index contributed by atoms with van der Waals surface area (Å²) in [7, 11) is 3.82. The van der Waals surface area contributed by atoms with Crippen LogP contribution in [-0.2, 0) is 4.79 Å². The molecule has 3 heterocycles. The van der Waals surface area contributed by atoms with Crippen LogP contribution < -0.4 is 10.2 Å². The van der Waals surface area contributed by atoms with Crippen molar-refractivity contribution in [3.63, 3.8) is 0 Å². The highest BCUT2D eigenvalue weighted by atomic mass is 19.4. The number of anilines is 2. The van der Waals surface area contributed by atoms with Gasteiger partial charge in [0.1, 0.15) is 24.5 Å². The van der Waals surface area contributed by atoms with E-state index in [0.29, 0.717) is 19.5 Å². The fourth-order valence-corrected chi connectivity index (χ4v) is 3.67. The Morgan fingerprint density at radius 2 is 1.89 bits per heavy atom. The van der Waals surface area contributed by atoms with Crippen LogP contribution in [0.4, 0.5) is 24.8 Å². The van der Waals surface area contributed by atoms with Crippen LogP contribution in [0, 0.1) is 0 Å². The summed E-state index contributed by atoms with van der Waals surface area (Å²) in [6.07, 6.45) is -0.747. The fourth-order valence-electron chi connectivity index (χ4n) is 3.67. The van der Waals surface area contributed by atoms with Crippen molar-refractivity contribution in [3.8, 4) is 0 Å². The minimum absolute atomic E-state index is 0.176. The third kappa shape index (κ3) is 5.00. The maximum absolute atomic E-state index is 12.6. The molecule has 2 fully saturated rings. The second-order valence-electron chi connectivity index (χ2n) is 7.29. The van der Waals surface area contributed by atoms with Gasteiger partial charge >= 0.3 is 6.18 Å². The van der Waals surface area contributed by atoms with Crippen LogP contribution in [0.3, 0.4) is 0 Å². The van der Waals surface area contributed by atoms with E-state index < -0.39 is 24.7 Å². The third-order valence-electron chi connectivity index (χ3n) is 5.07. The summed E-state index contributed by atoms with van der Waals surface area (Å²) in [6.45, 7) is 0.386. The fraction of sp³-hybridized carbons (Fsp3) is 0.706. The highest BCUT2D eigenvalue weighted by molar-refractivity contribution is 5.84. The Morgan fingerprint density at radius 3 is 2.52 bits per heavy atom. The average molecular weight is 386 g/mol. The van der Waals surface area contributed by atoms with Crippen molar-refractivity contribution in [1.29, 1.82) is 0 Å². The monoisotopic (exact) mass is 386 g/mol. The first-order chi connectivity index (χ1) is 12.7. The van der Waals surface area contributed by atoms with Crippen molar-refractivity contribution in [3.05, 3.63) is 12.4 Å². The molecule has 0 aromatic carbocycles. The lowest BCUT2D eigenvalue weighted by Gasteiger charge is -2.35. The molecule has 0 spiro atoms. The summed E-state index contributed by atoms with van der Waals surface area (Å²) in [5.41, 5.74) is 0. The Balaban J connectivity index is 1.51. The Labute approximate surface area is 156 Å². The summed E-state index contributed by atoms with van der Waals surface area (Å²) in [5.74, 6) is 1.16. The smallest absolute Gasteiger partial charge is 0.367 e. The quantitative estimate of drug-likeness (QED) is 0.829. The van der Waals surface area contributed by atoms with Gasteiger partial charge in [0.05, 0.1) is 6.04 Å². The molecule has 0 saturated carbocycles. The number of likely N-dealkylation sites (tertiary alicyclic amines) is 2. The number of amides is 1. The molecule has 10 heteroatoms. The normalized spacial score (nSPS) is 22.3. The molecule has 1 unspecified atom stereocenters. The van der Waals surface area contributed by atoms with Gasteiger partial charge < -0.3 is 15.1 Å². The van der Waals surface area contributed by atoms with Gasteiger partial charge in [-0.1, -0.05) is 0 Å². The molecule has 7 nitrogen and oxygen atoms in total. The molecule has 0 bridgehead atoms. The molecule has 1 atom stereocenters. The predicted molar refractivity (Wildman–Crippen MR) is 95.6 cm³/mol. The molecule has 1 amide bonds. The SMILES string of the molecule is CN(C)c1cc(NC2CCN(C3CCN(CC(F)(F)F)C3=O)CC2)ncn1. The Hall–Kier alpha value is -2.10. The molecule has 1 aromatic rings. The number of rotatable bonds is 5. The van der Waals surface area contributed by atoms with Gasteiger partial charge in [0, 0.05) is 45.8 Å². The van der Waals surface area contributed by atoms with E-state index in [2.05, 4.69) is 15.3 Å². The highest BCUT2D eigenvalue weighted by Crippen LogP contribution is 2.26. The van der Waals surface area contributed by atoms with E-state index in [-0.39, 0.29) is 12.6 Å². The molecule has 150 valence electrons. The lowest BCUT2D eigenvalue weighted by atomic mass is 10.0. The average Bonchev–Trinajstić information content (AvgIpc) is 2.95. The maximum Gasteiger partial charge on any atom is 0.406 e. The number of hydrogen-bond donors (Lipinski definition) is 1. The van der Waals surface area contributed by atoms with Crippen molar-refractivity contribution < 1.29 is 18.0 Å². The van der Waals surface area contributed by atoms with Crippen LogP contribution in [-0.4, -0.2) is 84.2 Å². The second kappa shape index (κ2) is 7.87. The van der Waals surface area contributed by atoms with Gasteiger partial charge in [0.2, 0.25) is 5.91 Å². The van der Waals surface area contributed by atoms with Crippen LogP contribution in [0.25, 0.3) is 0 Å². The first-order valence-corrected chi connectivity index (χ1v) is 9.08. The second-order valence-corrected chi connectivity index (χ2v) is 7.29. The number of carbonyl (C=O) groups is 1. The Morgan fingerprint density at radius 1 is 1.19 bits per heavy atom. The number of hydrogen-bond acceptors (Lipinski definition) is 6. The summed E-state index contributed by atoms with van der Waals surface area (Å²) in [6, 6.07) is 1.67. The van der Waals surface area contributed by atoms with Gasteiger partial charge in [0.25, 0.3) is 0 Å². The van der Waals surface area contributed by atoms with E-state index in [1.165, 1.54) is 6.33 Å². The number of halogens is 3. The van der Waals surface area contributed by atoms with Crippen LogP contribution in [0.2, 0.25) is 0 Å². The minimum atomic E-state index is -4.34. The number of nitrogens with zero attached hydrogens (tertiary/aromatic N) is 5. The summed E-state index contributed by atoms with van der Waals surface area (Å²) < 4.78 is 37.7. The molecule has 2 aliphatic heterocycles. The number of piperidine rings is 1. The van der Waals surface area contributed by atoms with Gasteiger partial charge in [0.15, 0.2) is 0 Å². The zero-order valence-electron chi connectivity index (χ0n) is 15.5. The molecular weight excluding hydrogens is 361 g/mol. The van der Waals surface area contributed by atoms with Crippen molar-refractivity contribution in [2.24, 2.45) is 0 Å². The number of carbonyl (C=O) groups excluding carboxylic acids is 1. The third-order valence-corrected chi connectivity index (χ3v) is 5.07. The maximum atomic E-state index is 12.6. The number of nitrogens with one attached hydrogen (secondary N) is 1. The molecule has 1 aromatic heterocycles. The molecule has 0 radical (unpaired) electrons. The van der Waals surface area contributed by atoms with Crippen LogP contribution >= 0.6 is 0 Å². The van der Waals surface area contributed by atoms with E-state index in [1.54, 1.807) is 0 Å². The largest absolute Gasteiger partial charge is 0.406 e. The molecule has 2 aliphatic rings. The molecule has 0 aliphatic carbocycles. The van der Waals surface area contributed by atoms with Gasteiger partial charge in [-0.3, -0.25) is 9.69 Å². The van der Waals surface area contributed by atoms with Gasteiger partial charge in [-0.05, 0) is 19.3 Å². The van der Waals surface area contributed by atoms with E-state index in [4.69, 9.17) is 0 Å². The van der Waals surface area contributed by atoms with Gasteiger partial charge in [-0.25, -0.2) is 9.97 Å². The van der Waals surface area contributed by atoms with Crippen LogP contribution in [0.1, 0.15) is 19.3 Å². The standard InChI is InChI=1S/C17H25F3N6O/c1-24(2)15-9-14(21-11-22-15)23-12-3-6-25(7-4-12)13-5-8-26(16(13)27)10-17(18,19)20/h9,11-13H,3-8,10H2,1-2H3,(H,21,22,23). The molecule has 27 heavy (non-hydrogen) atoms. The zero-order valence-corrected chi connectivity index (χ0v) is 15.5. The molecule has 3 rings (SSSR count). The van der Waals surface area contributed by atoms with Gasteiger partial charge in [-0.15, -0.1) is 0 Å². The lowest BCUT2D eigenvalue weighted by Crippen LogP contribution is -2.48. The first-order valence-electron chi connectivity index (χ1n) is 9.08. The summed E-state index contributed by atoms with van der Waals surface area (Å²) >= 11 is 0. The molecular formula is C17H25F3N6O. The van der Waals surface area contributed by atoms with E-state index in [1.807, 2.05) is 30.0 Å². The summed E-state index contributed by atoms with van der Waals surface area (Å²) in [4.78, 5) is 25.6. The first kappa shape index (κ1) is 19.7. The van der Waals surface area contributed by atoms with Gasteiger partial charge in [-0.2, -0.15) is 13.2 Å². The predicted octanol–water partition coefficient (Wildman–Crippen LogP) is 1.58. The zero-order chi connectivity index (χ0) is 19.6. The van der Waals surface area contributed by atoms with Crippen molar-refractivity contribution in [2.45, 2.75) is 37.5 Å². The van der Waals surface area contributed by atoms with E-state index in [0.717, 1.165) is 29.4 Å². The summed E-state index contributed by atoms with van der Waals surface area (Å²) in [5, 5.41) is 3.39. The van der Waals surface area contributed by atoms with E-state index >= 15 is 0 Å². The minimum Gasteiger partial charge on any atom is -0.367 e. The van der Waals surface area contributed by atoms with Crippen molar-refractivity contribution in [2.75, 3.05) is 50.5 Å². The lowest BCUT2D eigenvalue weighted by molar-refractivity contribution is -0.159. The molecule has 2 saturated heterocycles. The van der Waals surface area contributed by atoms with Crippen LogP contribution in [0.5, 0.6) is 0 Å². The van der Waals surface area contributed by atoms with Crippen molar-refractivity contribution >= 4 is 17.5 Å². The highest BCUT2D eigenvalue weighted by Gasteiger charge is 2.42. The molecule has 1 N–H and O–H groups in total. The topological polar surface area (TPSA) is 64.6 Å².